The monoisotopic (exact) mass is 544 g/mol. The van der Waals surface area contributed by atoms with Gasteiger partial charge < -0.3 is 19.7 Å². The number of carbonyl (C=O) groups is 3. The summed E-state index contributed by atoms with van der Waals surface area (Å²) in [5, 5.41) is 21.9. The molecule has 0 aromatic carbocycles. The third-order valence-electron chi connectivity index (χ3n) is 6.41. The number of unbranched alkanes of at least 4 members (excludes halogenated alkanes) is 13. The van der Waals surface area contributed by atoms with E-state index in [1.807, 2.05) is 6.92 Å². The minimum absolute atomic E-state index is 0. The van der Waals surface area contributed by atoms with Crippen LogP contribution in [0.25, 0.3) is 0 Å². The van der Waals surface area contributed by atoms with Crippen LogP contribution in [0.15, 0.2) is 11.8 Å². The second kappa shape index (κ2) is 23.3. The molecule has 0 radical (unpaired) electrons. The van der Waals surface area contributed by atoms with E-state index in [0.29, 0.717) is 6.42 Å². The van der Waals surface area contributed by atoms with Crippen LogP contribution in [-0.2, 0) is 38.6 Å². The van der Waals surface area contributed by atoms with E-state index in [-0.39, 0.29) is 31.2 Å². The van der Waals surface area contributed by atoms with Crippen molar-refractivity contribution in [3.8, 4) is 0 Å². The predicted octanol–water partition coefficient (Wildman–Crippen LogP) is 5.01. The molecule has 7 heteroatoms. The molecule has 0 saturated carbocycles. The van der Waals surface area contributed by atoms with Crippen molar-refractivity contribution in [3.05, 3.63) is 11.8 Å². The molecule has 35 heavy (non-hydrogen) atoms. The van der Waals surface area contributed by atoms with Crippen molar-refractivity contribution in [1.29, 1.82) is 0 Å². The number of carbonyl (C=O) groups excluding carboxylic acids is 3. The Bertz CT molecular complexity index is 604. The molecule has 3 unspecified atom stereocenters. The van der Waals surface area contributed by atoms with Crippen LogP contribution in [0.3, 0.4) is 0 Å². The smallest absolute Gasteiger partial charge is 0.848 e. The Hall–Kier alpha value is -1.07. The first-order chi connectivity index (χ1) is 16.2. The molecule has 6 nitrogen and oxygen atoms in total. The number of rotatable bonds is 18. The number of aliphatic carboxylic acids is 1. The van der Waals surface area contributed by atoms with Crippen molar-refractivity contribution < 1.29 is 48.8 Å². The van der Waals surface area contributed by atoms with Gasteiger partial charge in [0.05, 0.1) is 5.76 Å². The Morgan fingerprint density at radius 1 is 0.886 bits per heavy atom. The minimum atomic E-state index is -1.29. The zero-order valence-electron chi connectivity index (χ0n) is 22.8. The molecule has 198 valence electrons. The van der Waals surface area contributed by atoms with Crippen LogP contribution in [0.1, 0.15) is 130 Å². The van der Waals surface area contributed by atoms with Crippen LogP contribution >= 0.6 is 0 Å². The number of cyclic esters (lactones) is 1. The fraction of sp³-hybridized carbons (Fsp3) is 0.821. The first-order valence-corrected chi connectivity index (χ1v) is 13.5. The predicted molar refractivity (Wildman–Crippen MR) is 132 cm³/mol. The zero-order chi connectivity index (χ0) is 25.8. The normalized spacial score (nSPS) is 17.9. The number of esters is 1. The molecular formula is C28H48O6Zn. The van der Waals surface area contributed by atoms with Crippen LogP contribution < -0.4 is 10.2 Å². The molecule has 0 aliphatic carbocycles. The van der Waals surface area contributed by atoms with E-state index in [2.05, 4.69) is 11.7 Å². The average molecular weight is 546 g/mol. The number of allylic oxidation sites excluding steroid dienone is 1. The Kier molecular flexibility index (Phi) is 24.1. The first-order valence-electron chi connectivity index (χ1n) is 13.5. The van der Waals surface area contributed by atoms with Crippen LogP contribution in [0.5, 0.6) is 0 Å². The van der Waals surface area contributed by atoms with Crippen molar-refractivity contribution in [1.82, 2.24) is 0 Å². The summed E-state index contributed by atoms with van der Waals surface area (Å²) >= 11 is 0. The molecule has 0 aromatic rings. The van der Waals surface area contributed by atoms with Gasteiger partial charge in [0.25, 0.3) is 0 Å². The fourth-order valence-electron chi connectivity index (χ4n) is 4.19. The number of carboxylic acid groups (broad SMARTS) is 1. The summed E-state index contributed by atoms with van der Waals surface area (Å²) in [5.41, 5.74) is 0. The molecule has 0 N–H and O–H groups in total. The summed E-state index contributed by atoms with van der Waals surface area (Å²) in [7, 11) is 0. The number of Topliss-reactive ketones (excluding diaryl/α,β-unsaturated/α-hetero) is 1. The number of carboxylic acids is 1. The number of ketones is 1. The van der Waals surface area contributed by atoms with E-state index >= 15 is 0 Å². The zero-order valence-corrected chi connectivity index (χ0v) is 25.7. The largest absolute Gasteiger partial charge is 2.00 e. The number of ether oxygens (including phenoxy) is 1. The van der Waals surface area contributed by atoms with Crippen LogP contribution in [-0.4, -0.2) is 23.8 Å². The maximum absolute atomic E-state index is 11.1. The second-order valence-corrected chi connectivity index (χ2v) is 9.56. The van der Waals surface area contributed by atoms with Crippen molar-refractivity contribution in [3.63, 3.8) is 0 Å². The van der Waals surface area contributed by atoms with E-state index in [1.54, 1.807) is 0 Å². The Morgan fingerprint density at radius 2 is 1.31 bits per heavy atom. The molecule has 0 spiro atoms. The van der Waals surface area contributed by atoms with Crippen molar-refractivity contribution >= 4 is 17.7 Å². The molecule has 0 bridgehead atoms. The molecule has 1 aliphatic rings. The quantitative estimate of drug-likeness (QED) is 0.104. The molecule has 1 aliphatic heterocycles. The summed E-state index contributed by atoms with van der Waals surface area (Å²) in [6.07, 6.45) is 20.3. The number of hydrogen-bond acceptors (Lipinski definition) is 6. The standard InChI is InChI=1S/C20H40O2.C8H9O4.Zn/c1-3-5-6-7-8-9-10-11-12-13-14-15-16-17-18-19(4-2)20(21)22;1-4-3-6(10)7(5(2)9)8(11)12-4;/h19H,3-18H2,1-2H3,(H,21,22);3,6-7H,1-2H3;/q;-1;+2/p-1. The Morgan fingerprint density at radius 3 is 1.66 bits per heavy atom. The van der Waals surface area contributed by atoms with Crippen LogP contribution in [0.4, 0.5) is 0 Å². The average Bonchev–Trinajstić information content (AvgIpc) is 2.75. The summed E-state index contributed by atoms with van der Waals surface area (Å²) in [4.78, 5) is 32.6. The van der Waals surface area contributed by atoms with Gasteiger partial charge in [0.2, 0.25) is 0 Å². The summed E-state index contributed by atoms with van der Waals surface area (Å²) < 4.78 is 4.63. The Balaban J connectivity index is 0. The van der Waals surface area contributed by atoms with Gasteiger partial charge in [0, 0.05) is 5.97 Å². The SMILES string of the molecule is CC(=O)C1C(=O)OC(C)=CC1[O-].CCCCCCCCCCCCCCCCC(CC)C(=O)[O-].[Zn+2]. The van der Waals surface area contributed by atoms with Gasteiger partial charge in [-0.1, -0.05) is 116 Å². The van der Waals surface area contributed by atoms with Gasteiger partial charge in [-0.2, -0.15) is 0 Å². The molecule has 0 aromatic heterocycles. The molecule has 0 fully saturated rings. The molecular weight excluding hydrogens is 498 g/mol. The van der Waals surface area contributed by atoms with Gasteiger partial charge in [0.1, 0.15) is 11.7 Å². The molecule has 0 saturated heterocycles. The summed E-state index contributed by atoms with van der Waals surface area (Å²) in [6, 6.07) is 0. The first kappa shape index (κ1) is 36.1. The second-order valence-electron chi connectivity index (χ2n) is 9.56. The van der Waals surface area contributed by atoms with Crippen LogP contribution in [0.2, 0.25) is 0 Å². The maximum Gasteiger partial charge on any atom is 2.00 e. The Labute approximate surface area is 226 Å². The van der Waals surface area contributed by atoms with Gasteiger partial charge >= 0.3 is 25.4 Å². The van der Waals surface area contributed by atoms with Gasteiger partial charge in [0.15, 0.2) is 0 Å². The van der Waals surface area contributed by atoms with Gasteiger partial charge in [-0.3, -0.25) is 9.59 Å². The topological polar surface area (TPSA) is 107 Å². The van der Waals surface area contributed by atoms with Crippen molar-refractivity contribution in [2.75, 3.05) is 0 Å². The molecule has 3 atom stereocenters. The third kappa shape index (κ3) is 18.8. The molecule has 1 rings (SSSR count). The maximum atomic E-state index is 11.1. The fourth-order valence-corrected chi connectivity index (χ4v) is 4.19. The summed E-state index contributed by atoms with van der Waals surface area (Å²) in [6.45, 7) is 6.93. The van der Waals surface area contributed by atoms with Crippen LogP contribution in [0, 0.1) is 11.8 Å². The van der Waals surface area contributed by atoms with Gasteiger partial charge in [-0.05, 0) is 32.6 Å². The number of hydrogen-bond donors (Lipinski definition) is 0. The minimum Gasteiger partial charge on any atom is -0.848 e. The molecule has 0 amide bonds. The van der Waals surface area contributed by atoms with Crippen molar-refractivity contribution in [2.24, 2.45) is 11.8 Å². The van der Waals surface area contributed by atoms with E-state index in [4.69, 9.17) is 0 Å². The van der Waals surface area contributed by atoms with Gasteiger partial charge in [-0.25, -0.2) is 0 Å². The van der Waals surface area contributed by atoms with E-state index < -0.39 is 29.7 Å². The van der Waals surface area contributed by atoms with Gasteiger partial charge in [-0.15, -0.1) is 0 Å². The van der Waals surface area contributed by atoms with E-state index in [1.165, 1.54) is 103 Å². The third-order valence-corrected chi connectivity index (χ3v) is 6.41. The molecule has 1 heterocycles. The van der Waals surface area contributed by atoms with E-state index in [0.717, 1.165) is 12.8 Å². The van der Waals surface area contributed by atoms with E-state index in [9.17, 15) is 24.6 Å². The van der Waals surface area contributed by atoms with Crippen molar-refractivity contribution in [2.45, 2.75) is 137 Å². The summed E-state index contributed by atoms with van der Waals surface area (Å²) in [5.74, 6) is -3.15.